The second kappa shape index (κ2) is 6.20. The third kappa shape index (κ3) is 3.03. The second-order valence-electron chi connectivity index (χ2n) is 3.84. The lowest BCUT2D eigenvalue weighted by atomic mass is 10.0. The molecule has 0 radical (unpaired) electrons. The Morgan fingerprint density at radius 2 is 1.68 bits per heavy atom. The van der Waals surface area contributed by atoms with Crippen molar-refractivity contribution in [1.29, 1.82) is 0 Å². The van der Waals surface area contributed by atoms with E-state index >= 15 is 0 Å². The summed E-state index contributed by atoms with van der Waals surface area (Å²) in [5.74, 6) is 1.49. The summed E-state index contributed by atoms with van der Waals surface area (Å²) in [4.78, 5) is 0. The van der Waals surface area contributed by atoms with Gasteiger partial charge in [-0.3, -0.25) is 0 Å². The number of phenols is 1. The van der Waals surface area contributed by atoms with Gasteiger partial charge in [-0.25, -0.2) is 0 Å². The number of ether oxygens (including phenoxy) is 2. The van der Waals surface area contributed by atoms with Crippen LogP contribution in [0.4, 0.5) is 5.69 Å². The van der Waals surface area contributed by atoms with E-state index in [0.29, 0.717) is 22.7 Å². The first kappa shape index (κ1) is 15.0. The zero-order chi connectivity index (χ0) is 13.1. The summed E-state index contributed by atoms with van der Waals surface area (Å²) >= 11 is 0. The van der Waals surface area contributed by atoms with E-state index in [1.807, 2.05) is 0 Å². The minimum atomic E-state index is 0. The topological polar surface area (TPSA) is 64.7 Å². The Hall–Kier alpha value is -2.07. The molecule has 2 aromatic carbocycles. The van der Waals surface area contributed by atoms with Crippen molar-refractivity contribution in [1.82, 2.24) is 0 Å². The molecular weight excluding hydrogens is 266 g/mol. The van der Waals surface area contributed by atoms with E-state index in [1.165, 1.54) is 0 Å². The third-order valence-corrected chi connectivity index (χ3v) is 2.72. The number of methoxy groups -OCH3 is 2. The molecule has 0 atom stereocenters. The molecule has 0 aliphatic carbocycles. The number of phenolic OH excluding ortho intramolecular Hbond substituents is 1. The molecule has 0 amide bonds. The molecule has 4 nitrogen and oxygen atoms in total. The van der Waals surface area contributed by atoms with E-state index in [2.05, 4.69) is 0 Å². The Bertz CT molecular complexity index is 573. The molecule has 0 saturated carbocycles. The highest BCUT2D eigenvalue weighted by Crippen LogP contribution is 2.38. The van der Waals surface area contributed by atoms with Crippen molar-refractivity contribution >= 4 is 18.1 Å². The molecule has 0 saturated heterocycles. The van der Waals surface area contributed by atoms with Crippen molar-refractivity contribution in [2.75, 3.05) is 20.0 Å². The Kier molecular flexibility index (Phi) is 4.89. The first-order valence-electron chi connectivity index (χ1n) is 5.46. The molecule has 102 valence electrons. The lowest BCUT2D eigenvalue weighted by Gasteiger charge is -2.12. The highest BCUT2D eigenvalue weighted by Gasteiger charge is 2.11. The molecule has 3 N–H and O–H groups in total. The molecular formula is C14H16ClNO3. The van der Waals surface area contributed by atoms with Gasteiger partial charge in [0.1, 0.15) is 17.2 Å². The minimum Gasteiger partial charge on any atom is -0.507 e. The second-order valence-corrected chi connectivity index (χ2v) is 3.84. The summed E-state index contributed by atoms with van der Waals surface area (Å²) in [7, 11) is 3.17. The van der Waals surface area contributed by atoms with Crippen molar-refractivity contribution in [2.45, 2.75) is 0 Å². The number of rotatable bonds is 3. The molecule has 0 spiro atoms. The van der Waals surface area contributed by atoms with Crippen LogP contribution >= 0.6 is 12.4 Å². The molecule has 0 aliphatic rings. The molecule has 0 aromatic heterocycles. The zero-order valence-corrected chi connectivity index (χ0v) is 11.5. The average molecular weight is 282 g/mol. The van der Waals surface area contributed by atoms with Gasteiger partial charge in [-0.1, -0.05) is 0 Å². The monoisotopic (exact) mass is 281 g/mol. The first-order chi connectivity index (χ1) is 8.65. The van der Waals surface area contributed by atoms with Crippen LogP contribution in [0.1, 0.15) is 0 Å². The van der Waals surface area contributed by atoms with E-state index in [4.69, 9.17) is 15.2 Å². The summed E-state index contributed by atoms with van der Waals surface area (Å²) in [5.41, 5.74) is 7.67. The Labute approximate surface area is 118 Å². The van der Waals surface area contributed by atoms with Gasteiger partial charge < -0.3 is 20.3 Å². The lowest BCUT2D eigenvalue weighted by Crippen LogP contribution is -1.92. The molecule has 19 heavy (non-hydrogen) atoms. The summed E-state index contributed by atoms with van der Waals surface area (Å²) in [6.07, 6.45) is 0. The number of nitrogens with two attached hydrogens (primary N) is 1. The number of hydrogen-bond acceptors (Lipinski definition) is 4. The molecule has 0 fully saturated rings. The lowest BCUT2D eigenvalue weighted by molar-refractivity contribution is 0.404. The smallest absolute Gasteiger partial charge is 0.127 e. The number of benzene rings is 2. The van der Waals surface area contributed by atoms with Gasteiger partial charge in [0.15, 0.2) is 0 Å². The van der Waals surface area contributed by atoms with Crippen LogP contribution in [0.5, 0.6) is 17.2 Å². The van der Waals surface area contributed by atoms with Gasteiger partial charge in [0.05, 0.1) is 14.2 Å². The Balaban J connectivity index is 0.00000180. The molecule has 2 aromatic rings. The van der Waals surface area contributed by atoms with E-state index in [9.17, 15) is 5.11 Å². The van der Waals surface area contributed by atoms with Crippen molar-refractivity contribution in [3.05, 3.63) is 36.4 Å². The van der Waals surface area contributed by atoms with Crippen LogP contribution in [0, 0.1) is 0 Å². The summed E-state index contributed by atoms with van der Waals surface area (Å²) in [6, 6.07) is 10.3. The van der Waals surface area contributed by atoms with Crippen LogP contribution < -0.4 is 15.2 Å². The van der Waals surface area contributed by atoms with Gasteiger partial charge in [0.25, 0.3) is 0 Å². The number of nitrogen functional groups attached to an aromatic ring is 1. The van der Waals surface area contributed by atoms with Crippen LogP contribution in [0.2, 0.25) is 0 Å². The number of aromatic hydroxyl groups is 1. The van der Waals surface area contributed by atoms with Gasteiger partial charge >= 0.3 is 0 Å². The summed E-state index contributed by atoms with van der Waals surface area (Å²) in [6.45, 7) is 0. The van der Waals surface area contributed by atoms with E-state index in [1.54, 1.807) is 50.6 Å². The fraction of sp³-hybridized carbons (Fsp3) is 0.143. The van der Waals surface area contributed by atoms with Crippen LogP contribution in [-0.4, -0.2) is 19.3 Å². The quantitative estimate of drug-likeness (QED) is 0.670. The van der Waals surface area contributed by atoms with Crippen LogP contribution in [-0.2, 0) is 0 Å². The predicted molar refractivity (Wildman–Crippen MR) is 78.3 cm³/mol. The van der Waals surface area contributed by atoms with Crippen molar-refractivity contribution in [3.8, 4) is 28.4 Å². The molecule has 0 unspecified atom stereocenters. The Morgan fingerprint density at radius 3 is 2.32 bits per heavy atom. The van der Waals surface area contributed by atoms with Crippen molar-refractivity contribution in [3.63, 3.8) is 0 Å². The summed E-state index contributed by atoms with van der Waals surface area (Å²) < 4.78 is 10.5. The fourth-order valence-corrected chi connectivity index (χ4v) is 1.79. The zero-order valence-electron chi connectivity index (χ0n) is 10.7. The van der Waals surface area contributed by atoms with Gasteiger partial charge in [-0.15, -0.1) is 12.4 Å². The van der Waals surface area contributed by atoms with Gasteiger partial charge in [-0.2, -0.15) is 0 Å². The number of anilines is 1. The maximum absolute atomic E-state index is 9.92. The van der Waals surface area contributed by atoms with Crippen LogP contribution in [0.25, 0.3) is 11.1 Å². The minimum absolute atomic E-state index is 0. The fourth-order valence-electron chi connectivity index (χ4n) is 1.79. The maximum atomic E-state index is 9.92. The van der Waals surface area contributed by atoms with E-state index in [0.717, 1.165) is 5.56 Å². The van der Waals surface area contributed by atoms with Gasteiger partial charge in [0.2, 0.25) is 0 Å². The SMILES string of the molecule is COc1ccc(OC)c(-c2cc(N)ccc2O)c1.Cl. The van der Waals surface area contributed by atoms with Gasteiger partial charge in [0, 0.05) is 16.8 Å². The maximum Gasteiger partial charge on any atom is 0.127 e. The number of hydrogen-bond donors (Lipinski definition) is 2. The van der Waals surface area contributed by atoms with Crippen molar-refractivity contribution < 1.29 is 14.6 Å². The van der Waals surface area contributed by atoms with Crippen LogP contribution in [0.15, 0.2) is 36.4 Å². The van der Waals surface area contributed by atoms with Gasteiger partial charge in [-0.05, 0) is 36.4 Å². The van der Waals surface area contributed by atoms with Crippen molar-refractivity contribution in [2.24, 2.45) is 0 Å². The third-order valence-electron chi connectivity index (χ3n) is 2.72. The highest BCUT2D eigenvalue weighted by atomic mass is 35.5. The normalized spacial score (nSPS) is 9.58. The average Bonchev–Trinajstić information content (AvgIpc) is 2.40. The largest absolute Gasteiger partial charge is 0.507 e. The van der Waals surface area contributed by atoms with E-state index in [-0.39, 0.29) is 18.2 Å². The molecule has 0 heterocycles. The molecule has 2 rings (SSSR count). The molecule has 5 heteroatoms. The highest BCUT2D eigenvalue weighted by molar-refractivity contribution is 5.85. The predicted octanol–water partition coefficient (Wildman–Crippen LogP) is 3.08. The first-order valence-corrected chi connectivity index (χ1v) is 5.46. The van der Waals surface area contributed by atoms with E-state index < -0.39 is 0 Å². The van der Waals surface area contributed by atoms with Crippen LogP contribution in [0.3, 0.4) is 0 Å². The number of halogens is 1. The molecule has 0 bridgehead atoms. The standard InChI is InChI=1S/C14H15NO3.ClH/c1-17-10-4-6-14(18-2)12(8-10)11-7-9(15)3-5-13(11)16;/h3-8,16H,15H2,1-2H3;1H. The Morgan fingerprint density at radius 1 is 0.947 bits per heavy atom. The summed E-state index contributed by atoms with van der Waals surface area (Å²) in [5, 5.41) is 9.92. The molecule has 0 aliphatic heterocycles.